The molecular weight excluding hydrogens is 372 g/mol. The molecular formula is C10H16Na4O10. The molecule has 0 aromatic rings. The third kappa shape index (κ3) is 6400. The van der Waals surface area contributed by atoms with Crippen molar-refractivity contribution < 1.29 is 168 Å². The van der Waals surface area contributed by atoms with Crippen molar-refractivity contribution in [2.24, 2.45) is 0 Å². The van der Waals surface area contributed by atoms with E-state index in [2.05, 4.69) is 0 Å². The fourth-order valence-corrected chi connectivity index (χ4v) is 0. The van der Waals surface area contributed by atoms with E-state index < -0.39 is 29.8 Å². The summed E-state index contributed by atoms with van der Waals surface area (Å²) in [5.41, 5.74) is 0. The molecule has 0 heterocycles. The molecule has 10 nitrogen and oxygen atoms in total. The van der Waals surface area contributed by atoms with E-state index in [9.17, 15) is 0 Å². The fraction of sp³-hybridized carbons (Fsp3) is 0.500. The van der Waals surface area contributed by atoms with Gasteiger partial charge in [0.2, 0.25) is 0 Å². The zero-order chi connectivity index (χ0) is 17.9. The van der Waals surface area contributed by atoms with Crippen LogP contribution in [-0.4, -0.2) is 35.0 Å². The van der Waals surface area contributed by atoms with Crippen molar-refractivity contribution in [2.45, 2.75) is 34.6 Å². The summed E-state index contributed by atoms with van der Waals surface area (Å²) in [7, 11) is 0. The van der Waals surface area contributed by atoms with Gasteiger partial charge in [-0.3, -0.25) is 4.79 Å². The first kappa shape index (κ1) is 56.2. The Labute approximate surface area is 228 Å². The van der Waals surface area contributed by atoms with Crippen LogP contribution in [0.4, 0.5) is 0 Å². The molecule has 0 aliphatic rings. The predicted octanol–water partition coefficient (Wildman–Crippen LogP) is -16.9. The first-order valence-electron chi connectivity index (χ1n) is 4.56. The summed E-state index contributed by atoms with van der Waals surface area (Å²) < 4.78 is 0. The number of carboxylic acids is 5. The number of hydrogen-bond acceptors (Lipinski definition) is 9. The Kier molecular flexibility index (Phi) is 116. The molecule has 0 atom stereocenters. The van der Waals surface area contributed by atoms with Gasteiger partial charge in [-0.15, -0.1) is 0 Å². The molecule has 120 valence electrons. The molecule has 0 saturated heterocycles. The van der Waals surface area contributed by atoms with Crippen molar-refractivity contribution in [3.8, 4) is 0 Å². The Morgan fingerprint density at radius 3 is 0.500 bits per heavy atom. The Hall–Kier alpha value is 1.35. The zero-order valence-corrected chi connectivity index (χ0v) is 23.6. The van der Waals surface area contributed by atoms with Gasteiger partial charge in [0.1, 0.15) is 0 Å². The van der Waals surface area contributed by atoms with Crippen LogP contribution in [0, 0.1) is 0 Å². The molecule has 0 aliphatic carbocycles. The van der Waals surface area contributed by atoms with E-state index >= 15 is 0 Å². The van der Waals surface area contributed by atoms with E-state index in [0.29, 0.717) is 0 Å². The van der Waals surface area contributed by atoms with Gasteiger partial charge in [-0.1, -0.05) is 0 Å². The van der Waals surface area contributed by atoms with Crippen LogP contribution >= 0.6 is 0 Å². The summed E-state index contributed by atoms with van der Waals surface area (Å²) in [6.07, 6.45) is 0. The molecule has 0 bridgehead atoms. The Morgan fingerprint density at radius 1 is 0.500 bits per heavy atom. The normalized spacial score (nSPS) is 5.21. The average Bonchev–Trinajstić information content (AvgIpc) is 1.94. The van der Waals surface area contributed by atoms with Crippen molar-refractivity contribution in [3.05, 3.63) is 0 Å². The van der Waals surface area contributed by atoms with Gasteiger partial charge in [0, 0.05) is 30.8 Å². The molecule has 24 heavy (non-hydrogen) atoms. The second-order valence-corrected chi connectivity index (χ2v) is 2.49. The van der Waals surface area contributed by atoms with Crippen LogP contribution < -0.4 is 139 Å². The molecule has 0 rings (SSSR count). The smallest absolute Gasteiger partial charge is 0.550 e. The van der Waals surface area contributed by atoms with E-state index in [-0.39, 0.29) is 118 Å². The minimum atomic E-state index is -1.08. The maximum atomic E-state index is 9.00. The largest absolute Gasteiger partial charge is 1.00 e. The van der Waals surface area contributed by atoms with Gasteiger partial charge in [-0.05, 0) is 27.7 Å². The summed E-state index contributed by atoms with van der Waals surface area (Å²) in [4.78, 5) is 44.6. The maximum Gasteiger partial charge on any atom is 1.00 e. The maximum absolute atomic E-state index is 9.00. The fourth-order valence-electron chi connectivity index (χ4n) is 0. The summed E-state index contributed by atoms with van der Waals surface area (Å²) in [6, 6.07) is 0. The monoisotopic (exact) mass is 388 g/mol. The van der Waals surface area contributed by atoms with E-state index in [1.165, 1.54) is 0 Å². The third-order valence-corrected chi connectivity index (χ3v) is 0. The van der Waals surface area contributed by atoms with Gasteiger partial charge >= 0.3 is 118 Å². The SMILES string of the molecule is CC(=O)O.CC(=O)[O-].CC(=O)[O-].CC(=O)[O-].CC(=O)[O-].[Na+].[Na+].[Na+].[Na+]. The minimum absolute atomic E-state index is 0. The topological polar surface area (TPSA) is 198 Å². The third-order valence-electron chi connectivity index (χ3n) is 0. The molecule has 0 amide bonds. The van der Waals surface area contributed by atoms with Crippen LogP contribution in [0.1, 0.15) is 34.6 Å². The molecule has 0 fully saturated rings. The van der Waals surface area contributed by atoms with Crippen molar-refractivity contribution in [1.82, 2.24) is 0 Å². The quantitative estimate of drug-likeness (QED) is 0.389. The minimum Gasteiger partial charge on any atom is -0.550 e. The van der Waals surface area contributed by atoms with Crippen molar-refractivity contribution >= 4 is 29.8 Å². The Balaban J connectivity index is -0.0000000161. The summed E-state index contributed by atoms with van der Waals surface area (Å²) in [5, 5.41) is 43.0. The number of rotatable bonds is 0. The predicted molar refractivity (Wildman–Crippen MR) is 56.0 cm³/mol. The number of carboxylic acid groups (broad SMARTS) is 5. The summed E-state index contributed by atoms with van der Waals surface area (Å²) in [5.74, 6) is -5.17. The Morgan fingerprint density at radius 2 is 0.500 bits per heavy atom. The van der Waals surface area contributed by atoms with Gasteiger partial charge in [-0.2, -0.15) is 0 Å². The molecule has 0 spiro atoms. The molecule has 1 N–H and O–H groups in total. The zero-order valence-electron chi connectivity index (χ0n) is 15.6. The second kappa shape index (κ2) is 49.7. The van der Waals surface area contributed by atoms with Crippen LogP contribution in [0.5, 0.6) is 0 Å². The van der Waals surface area contributed by atoms with Crippen LogP contribution in [0.15, 0.2) is 0 Å². The molecule has 0 unspecified atom stereocenters. The molecule has 14 heteroatoms. The van der Waals surface area contributed by atoms with E-state index in [0.717, 1.165) is 34.6 Å². The first-order chi connectivity index (χ1) is 8.66. The molecule has 0 saturated carbocycles. The second-order valence-electron chi connectivity index (χ2n) is 2.49. The average molecular weight is 388 g/mol. The van der Waals surface area contributed by atoms with Crippen LogP contribution in [-0.2, 0) is 24.0 Å². The van der Waals surface area contributed by atoms with Gasteiger partial charge < -0.3 is 44.7 Å². The van der Waals surface area contributed by atoms with Crippen LogP contribution in [0.2, 0.25) is 0 Å². The number of carbonyl (C=O) groups excluding carboxylic acids is 4. The van der Waals surface area contributed by atoms with Gasteiger partial charge in [-0.25, -0.2) is 0 Å². The Bertz CT molecular complexity index is 220. The van der Waals surface area contributed by atoms with Crippen LogP contribution in [0.25, 0.3) is 0 Å². The van der Waals surface area contributed by atoms with Gasteiger partial charge in [0.15, 0.2) is 0 Å². The van der Waals surface area contributed by atoms with Gasteiger partial charge in [0.05, 0.1) is 0 Å². The van der Waals surface area contributed by atoms with Gasteiger partial charge in [0.25, 0.3) is 5.97 Å². The molecule has 0 aromatic carbocycles. The standard InChI is InChI=1S/5C2H4O2.4Na/c5*1-2(3)4;;;;/h5*1H3,(H,3,4);;;;/q;;;;;4*+1/p-4. The van der Waals surface area contributed by atoms with Crippen LogP contribution in [0.3, 0.4) is 0 Å². The number of hydrogen-bond donors (Lipinski definition) is 1. The van der Waals surface area contributed by atoms with Crippen molar-refractivity contribution in [3.63, 3.8) is 0 Å². The van der Waals surface area contributed by atoms with Crippen molar-refractivity contribution in [1.29, 1.82) is 0 Å². The first-order valence-corrected chi connectivity index (χ1v) is 4.56. The van der Waals surface area contributed by atoms with E-state index in [4.69, 9.17) is 49.5 Å². The number of aliphatic carboxylic acids is 5. The number of carbonyl (C=O) groups is 5. The van der Waals surface area contributed by atoms with E-state index in [1.807, 2.05) is 0 Å². The van der Waals surface area contributed by atoms with E-state index in [1.54, 1.807) is 0 Å². The molecule has 0 aromatic heterocycles. The molecule has 0 radical (unpaired) electrons. The molecule has 0 aliphatic heterocycles. The van der Waals surface area contributed by atoms with Crippen molar-refractivity contribution in [2.75, 3.05) is 0 Å². The summed E-state index contributed by atoms with van der Waals surface area (Å²) in [6.45, 7) is 4.97. The summed E-state index contributed by atoms with van der Waals surface area (Å²) >= 11 is 0.